The molecule has 0 aromatic heterocycles. The number of nitrogens with one attached hydrogen (secondary N) is 1. The van der Waals surface area contributed by atoms with Crippen LogP contribution in [0.15, 0.2) is 48.5 Å². The van der Waals surface area contributed by atoms with Crippen molar-refractivity contribution in [2.45, 2.75) is 6.42 Å². The Hall–Kier alpha value is -3.13. The van der Waals surface area contributed by atoms with Crippen LogP contribution in [0.5, 0.6) is 0 Å². The predicted molar refractivity (Wildman–Crippen MR) is 110 cm³/mol. The van der Waals surface area contributed by atoms with Gasteiger partial charge in [0.05, 0.1) is 4.92 Å². The standard InChI is InChI=1S/C20H21ClN4O4/c21-16-2-1-3-18(14-16)23-10-12-24(13-11-23)19(26)8-9-22-20(27)15-4-6-17(7-5-15)25(28)29/h1-7,14H,8-13H2,(H,22,27). The van der Waals surface area contributed by atoms with Gasteiger partial charge in [-0.05, 0) is 30.3 Å². The number of non-ortho nitro benzene ring substituents is 1. The molecule has 0 bridgehead atoms. The van der Waals surface area contributed by atoms with E-state index >= 15 is 0 Å². The van der Waals surface area contributed by atoms with E-state index in [4.69, 9.17) is 11.6 Å². The fourth-order valence-corrected chi connectivity index (χ4v) is 3.35. The van der Waals surface area contributed by atoms with Crippen LogP contribution in [0.2, 0.25) is 5.02 Å². The summed E-state index contributed by atoms with van der Waals surface area (Å²) in [5, 5.41) is 14.0. The number of nitrogens with zero attached hydrogens (tertiary/aromatic N) is 3. The van der Waals surface area contributed by atoms with E-state index in [-0.39, 0.29) is 30.5 Å². The molecule has 1 aliphatic rings. The first-order valence-corrected chi connectivity index (χ1v) is 9.63. The number of nitro benzene ring substituents is 1. The van der Waals surface area contributed by atoms with Crippen molar-refractivity contribution >= 4 is 34.8 Å². The van der Waals surface area contributed by atoms with E-state index in [9.17, 15) is 19.7 Å². The van der Waals surface area contributed by atoms with Crippen molar-refractivity contribution in [3.05, 3.63) is 69.2 Å². The minimum absolute atomic E-state index is 0.0141. The van der Waals surface area contributed by atoms with Crippen molar-refractivity contribution in [2.24, 2.45) is 0 Å². The van der Waals surface area contributed by atoms with Gasteiger partial charge in [-0.1, -0.05) is 17.7 Å². The second-order valence-electron chi connectivity index (χ2n) is 6.66. The fourth-order valence-electron chi connectivity index (χ4n) is 3.16. The molecule has 0 atom stereocenters. The summed E-state index contributed by atoms with van der Waals surface area (Å²) in [7, 11) is 0. The van der Waals surface area contributed by atoms with Crippen molar-refractivity contribution in [1.82, 2.24) is 10.2 Å². The molecule has 1 saturated heterocycles. The molecule has 8 nitrogen and oxygen atoms in total. The summed E-state index contributed by atoms with van der Waals surface area (Å²) < 4.78 is 0. The summed E-state index contributed by atoms with van der Waals surface area (Å²) in [6, 6.07) is 13.0. The Bertz CT molecular complexity index is 896. The molecule has 29 heavy (non-hydrogen) atoms. The molecule has 1 aliphatic heterocycles. The van der Waals surface area contributed by atoms with Gasteiger partial charge in [-0.3, -0.25) is 19.7 Å². The summed E-state index contributed by atoms with van der Waals surface area (Å²) in [5.41, 5.74) is 1.28. The topological polar surface area (TPSA) is 95.8 Å². The third kappa shape index (κ3) is 5.45. The quantitative estimate of drug-likeness (QED) is 0.577. The van der Waals surface area contributed by atoms with Crippen LogP contribution in [-0.4, -0.2) is 54.4 Å². The molecule has 2 aromatic carbocycles. The molecule has 0 spiro atoms. The van der Waals surface area contributed by atoms with Crippen LogP contribution in [0.25, 0.3) is 0 Å². The summed E-state index contributed by atoms with van der Waals surface area (Å²) in [5.74, 6) is -0.377. The number of carbonyl (C=O) groups excluding carboxylic acids is 2. The van der Waals surface area contributed by atoms with Crippen LogP contribution in [0.1, 0.15) is 16.8 Å². The van der Waals surface area contributed by atoms with Gasteiger partial charge >= 0.3 is 0 Å². The second kappa shape index (κ2) is 9.38. The number of anilines is 1. The molecule has 1 fully saturated rings. The van der Waals surface area contributed by atoms with Crippen LogP contribution in [0.4, 0.5) is 11.4 Å². The monoisotopic (exact) mass is 416 g/mol. The van der Waals surface area contributed by atoms with E-state index < -0.39 is 4.92 Å². The number of nitro groups is 1. The lowest BCUT2D eigenvalue weighted by atomic mass is 10.2. The van der Waals surface area contributed by atoms with E-state index in [0.717, 1.165) is 18.8 Å². The molecule has 2 amide bonds. The van der Waals surface area contributed by atoms with E-state index in [2.05, 4.69) is 10.2 Å². The molecule has 3 rings (SSSR count). The van der Waals surface area contributed by atoms with Gasteiger partial charge in [0.25, 0.3) is 11.6 Å². The lowest BCUT2D eigenvalue weighted by Crippen LogP contribution is -2.49. The smallest absolute Gasteiger partial charge is 0.269 e. The Morgan fingerprint density at radius 3 is 2.38 bits per heavy atom. The van der Waals surface area contributed by atoms with Crippen molar-refractivity contribution in [2.75, 3.05) is 37.6 Å². The van der Waals surface area contributed by atoms with Gasteiger partial charge in [0.2, 0.25) is 5.91 Å². The largest absolute Gasteiger partial charge is 0.368 e. The lowest BCUT2D eigenvalue weighted by molar-refractivity contribution is -0.384. The van der Waals surface area contributed by atoms with Crippen LogP contribution in [-0.2, 0) is 4.79 Å². The Labute approximate surface area is 173 Å². The van der Waals surface area contributed by atoms with E-state index in [1.54, 1.807) is 4.90 Å². The molecule has 0 saturated carbocycles. The number of rotatable bonds is 6. The van der Waals surface area contributed by atoms with Crippen LogP contribution in [0, 0.1) is 10.1 Å². The number of halogens is 1. The SMILES string of the molecule is O=C(NCCC(=O)N1CCN(c2cccc(Cl)c2)CC1)c1ccc([N+](=O)[O-])cc1. The van der Waals surface area contributed by atoms with Gasteiger partial charge < -0.3 is 15.1 Å². The number of benzene rings is 2. The van der Waals surface area contributed by atoms with Crippen LogP contribution < -0.4 is 10.2 Å². The zero-order chi connectivity index (χ0) is 20.8. The maximum absolute atomic E-state index is 12.4. The van der Waals surface area contributed by atoms with Crippen molar-refractivity contribution in [3.63, 3.8) is 0 Å². The third-order valence-corrected chi connectivity index (χ3v) is 5.01. The molecule has 1 heterocycles. The average molecular weight is 417 g/mol. The second-order valence-corrected chi connectivity index (χ2v) is 7.09. The van der Waals surface area contributed by atoms with Crippen molar-refractivity contribution in [1.29, 1.82) is 0 Å². The van der Waals surface area contributed by atoms with E-state index in [0.29, 0.717) is 23.7 Å². The summed E-state index contributed by atoms with van der Waals surface area (Å²) >= 11 is 6.04. The Balaban J connectivity index is 1.42. The molecule has 0 aliphatic carbocycles. The molecule has 0 radical (unpaired) electrons. The summed E-state index contributed by atoms with van der Waals surface area (Å²) in [4.78, 5) is 38.6. The third-order valence-electron chi connectivity index (χ3n) is 4.77. The highest BCUT2D eigenvalue weighted by Crippen LogP contribution is 2.21. The molecule has 1 N–H and O–H groups in total. The normalized spacial score (nSPS) is 13.8. The molecule has 0 unspecified atom stereocenters. The van der Waals surface area contributed by atoms with Gasteiger partial charge in [0, 0.05) is 67.6 Å². The molecular weight excluding hydrogens is 396 g/mol. The van der Waals surface area contributed by atoms with Crippen LogP contribution >= 0.6 is 11.6 Å². The predicted octanol–water partition coefficient (Wildman–Crippen LogP) is 2.72. The number of hydrogen-bond donors (Lipinski definition) is 1. The van der Waals surface area contributed by atoms with Crippen molar-refractivity contribution in [3.8, 4) is 0 Å². The summed E-state index contributed by atoms with van der Waals surface area (Å²) in [6.45, 7) is 2.88. The zero-order valence-corrected chi connectivity index (χ0v) is 16.5. The highest BCUT2D eigenvalue weighted by Gasteiger charge is 2.21. The molecule has 9 heteroatoms. The summed E-state index contributed by atoms with van der Waals surface area (Å²) in [6.07, 6.45) is 0.204. The maximum Gasteiger partial charge on any atom is 0.269 e. The van der Waals surface area contributed by atoms with Crippen molar-refractivity contribution < 1.29 is 14.5 Å². The van der Waals surface area contributed by atoms with Gasteiger partial charge in [0.1, 0.15) is 0 Å². The lowest BCUT2D eigenvalue weighted by Gasteiger charge is -2.36. The van der Waals surface area contributed by atoms with Gasteiger partial charge in [-0.2, -0.15) is 0 Å². The fraction of sp³-hybridized carbons (Fsp3) is 0.300. The minimum Gasteiger partial charge on any atom is -0.368 e. The first-order chi connectivity index (χ1) is 13.9. The first kappa shape index (κ1) is 20.6. The molecule has 2 aromatic rings. The highest BCUT2D eigenvalue weighted by atomic mass is 35.5. The molecule has 152 valence electrons. The number of piperazine rings is 1. The number of hydrogen-bond acceptors (Lipinski definition) is 5. The Morgan fingerprint density at radius 2 is 1.76 bits per heavy atom. The minimum atomic E-state index is -0.521. The average Bonchev–Trinajstić information content (AvgIpc) is 2.73. The number of amides is 2. The highest BCUT2D eigenvalue weighted by molar-refractivity contribution is 6.30. The Morgan fingerprint density at radius 1 is 1.07 bits per heavy atom. The van der Waals surface area contributed by atoms with E-state index in [1.165, 1.54) is 24.3 Å². The Kier molecular flexibility index (Phi) is 6.66. The van der Waals surface area contributed by atoms with Gasteiger partial charge in [0.15, 0.2) is 0 Å². The van der Waals surface area contributed by atoms with E-state index in [1.807, 2.05) is 24.3 Å². The van der Waals surface area contributed by atoms with Gasteiger partial charge in [-0.15, -0.1) is 0 Å². The maximum atomic E-state index is 12.4. The van der Waals surface area contributed by atoms with Crippen LogP contribution in [0.3, 0.4) is 0 Å². The molecular formula is C20H21ClN4O4. The zero-order valence-electron chi connectivity index (χ0n) is 15.7. The number of carbonyl (C=O) groups is 2. The van der Waals surface area contributed by atoms with Gasteiger partial charge in [-0.25, -0.2) is 0 Å². The first-order valence-electron chi connectivity index (χ1n) is 9.25.